The molecule has 0 saturated carbocycles. The number of hydrogen-bond acceptors (Lipinski definition) is 0. The molecule has 2 heteroatoms. The molecular formula is C9H10Cl2. The van der Waals surface area contributed by atoms with E-state index in [9.17, 15) is 0 Å². The molecule has 0 heterocycles. The van der Waals surface area contributed by atoms with E-state index in [1.807, 2.05) is 26.0 Å². The van der Waals surface area contributed by atoms with Gasteiger partial charge < -0.3 is 0 Å². The predicted molar refractivity (Wildman–Crippen MR) is 50.9 cm³/mol. The molecule has 0 fully saturated rings. The van der Waals surface area contributed by atoms with Crippen LogP contribution in [0.25, 0.3) is 0 Å². The summed E-state index contributed by atoms with van der Waals surface area (Å²) in [5.74, 6) is 0. The monoisotopic (exact) mass is 188 g/mol. The third-order valence-electron chi connectivity index (χ3n) is 1.74. The van der Waals surface area contributed by atoms with E-state index in [1.165, 1.54) is 0 Å². The second-order valence-corrected chi connectivity index (χ2v) is 3.53. The summed E-state index contributed by atoms with van der Waals surface area (Å²) >= 11 is 11.9. The van der Waals surface area contributed by atoms with Crippen molar-refractivity contribution in [1.29, 1.82) is 0 Å². The van der Waals surface area contributed by atoms with Crippen molar-refractivity contribution in [2.75, 3.05) is 0 Å². The van der Waals surface area contributed by atoms with Crippen LogP contribution >= 0.6 is 23.2 Å². The van der Waals surface area contributed by atoms with Crippen LogP contribution in [0.5, 0.6) is 0 Å². The zero-order valence-corrected chi connectivity index (χ0v) is 8.13. The highest BCUT2D eigenvalue weighted by Crippen LogP contribution is 2.26. The van der Waals surface area contributed by atoms with Gasteiger partial charge in [-0.25, -0.2) is 0 Å². The van der Waals surface area contributed by atoms with Crippen molar-refractivity contribution in [1.82, 2.24) is 0 Å². The van der Waals surface area contributed by atoms with Crippen molar-refractivity contribution in [3.63, 3.8) is 0 Å². The molecule has 0 atom stereocenters. The van der Waals surface area contributed by atoms with Crippen LogP contribution in [0.2, 0.25) is 0 Å². The Hall–Kier alpha value is -0.200. The summed E-state index contributed by atoms with van der Waals surface area (Å²) in [6.07, 6.45) is 4.74. The van der Waals surface area contributed by atoms with Gasteiger partial charge in [0, 0.05) is 16.5 Å². The van der Waals surface area contributed by atoms with Gasteiger partial charge in [0.15, 0.2) is 0 Å². The molecule has 0 aromatic rings. The maximum atomic E-state index is 5.93. The van der Waals surface area contributed by atoms with Crippen LogP contribution in [0, 0.1) is 0 Å². The molecule has 60 valence electrons. The summed E-state index contributed by atoms with van der Waals surface area (Å²) < 4.78 is 0. The lowest BCUT2D eigenvalue weighted by Gasteiger charge is -1.94. The first-order chi connectivity index (χ1) is 5.11. The minimum absolute atomic E-state index is 0.790. The van der Waals surface area contributed by atoms with Crippen LogP contribution in [-0.2, 0) is 0 Å². The van der Waals surface area contributed by atoms with Gasteiger partial charge in [-0.1, -0.05) is 29.3 Å². The zero-order valence-electron chi connectivity index (χ0n) is 6.62. The molecule has 1 aliphatic rings. The van der Waals surface area contributed by atoms with Crippen molar-refractivity contribution in [2.24, 2.45) is 0 Å². The van der Waals surface area contributed by atoms with Crippen molar-refractivity contribution >= 4 is 23.2 Å². The van der Waals surface area contributed by atoms with Crippen molar-refractivity contribution in [3.8, 4) is 0 Å². The molecule has 0 nitrogen and oxygen atoms in total. The van der Waals surface area contributed by atoms with Gasteiger partial charge in [0.2, 0.25) is 0 Å². The smallest absolute Gasteiger partial charge is 0.0435 e. The molecule has 0 amide bonds. The average Bonchev–Trinajstić information content (AvgIpc) is 2.05. The Balaban J connectivity index is 3.04. The molecular weight excluding hydrogens is 179 g/mol. The molecule has 0 aromatic heterocycles. The van der Waals surface area contributed by atoms with E-state index >= 15 is 0 Å². The third kappa shape index (κ3) is 2.11. The van der Waals surface area contributed by atoms with E-state index in [0.717, 1.165) is 27.6 Å². The number of rotatable bonds is 0. The lowest BCUT2D eigenvalue weighted by atomic mass is 10.2. The van der Waals surface area contributed by atoms with Gasteiger partial charge in [-0.05, 0) is 31.1 Å². The Morgan fingerprint density at radius 2 is 1.91 bits per heavy atom. The largest absolute Gasteiger partial charge is 0.0885 e. The lowest BCUT2D eigenvalue weighted by Crippen LogP contribution is -1.73. The fourth-order valence-corrected chi connectivity index (χ4v) is 1.26. The maximum absolute atomic E-state index is 5.93. The standard InChI is InChI=1S/C9H10Cl2/c1-6-3-4-8(10)7(2)5-9(6)11/h3,5H,4H2,1-2H3. The molecule has 0 N–H and O–H groups in total. The third-order valence-corrected chi connectivity index (χ3v) is 2.59. The summed E-state index contributed by atoms with van der Waals surface area (Å²) in [5, 5.41) is 1.66. The van der Waals surface area contributed by atoms with Gasteiger partial charge in [-0.15, -0.1) is 0 Å². The normalized spacial score (nSPS) is 19.3. The highest BCUT2D eigenvalue weighted by atomic mass is 35.5. The Bertz CT molecular complexity index is 257. The minimum Gasteiger partial charge on any atom is -0.0885 e. The fourth-order valence-electron chi connectivity index (χ4n) is 0.883. The van der Waals surface area contributed by atoms with Crippen LogP contribution in [0.15, 0.2) is 33.4 Å². The van der Waals surface area contributed by atoms with Crippen molar-refractivity contribution in [2.45, 2.75) is 20.3 Å². The number of halogens is 2. The predicted octanol–water partition coefficient (Wildman–Crippen LogP) is 3.97. The molecule has 0 radical (unpaired) electrons. The molecule has 1 aliphatic carbocycles. The van der Waals surface area contributed by atoms with Gasteiger partial charge in [0.25, 0.3) is 0 Å². The summed E-state index contributed by atoms with van der Waals surface area (Å²) in [7, 11) is 0. The minimum atomic E-state index is 0.790. The fraction of sp³-hybridized carbons (Fsp3) is 0.333. The van der Waals surface area contributed by atoms with Crippen molar-refractivity contribution in [3.05, 3.63) is 33.4 Å². The quantitative estimate of drug-likeness (QED) is 0.540. The van der Waals surface area contributed by atoms with Gasteiger partial charge in [-0.2, -0.15) is 0 Å². The van der Waals surface area contributed by atoms with Gasteiger partial charge in [0.05, 0.1) is 0 Å². The molecule has 0 aliphatic heterocycles. The molecule has 0 aromatic carbocycles. The Labute approximate surface area is 77.2 Å². The van der Waals surface area contributed by atoms with Gasteiger partial charge in [-0.3, -0.25) is 0 Å². The van der Waals surface area contributed by atoms with E-state index in [-0.39, 0.29) is 0 Å². The van der Waals surface area contributed by atoms with E-state index in [4.69, 9.17) is 23.2 Å². The van der Waals surface area contributed by atoms with Crippen LogP contribution in [-0.4, -0.2) is 0 Å². The van der Waals surface area contributed by atoms with Crippen molar-refractivity contribution < 1.29 is 0 Å². The second kappa shape index (κ2) is 3.46. The average molecular weight is 189 g/mol. The Morgan fingerprint density at radius 3 is 2.55 bits per heavy atom. The van der Waals surface area contributed by atoms with Crippen LogP contribution in [0.3, 0.4) is 0 Å². The highest BCUT2D eigenvalue weighted by Gasteiger charge is 2.04. The lowest BCUT2D eigenvalue weighted by molar-refractivity contribution is 1.28. The summed E-state index contributed by atoms with van der Waals surface area (Å²) in [6, 6.07) is 0. The molecule has 0 unspecified atom stereocenters. The van der Waals surface area contributed by atoms with Gasteiger partial charge in [0.1, 0.15) is 0 Å². The van der Waals surface area contributed by atoms with Crippen LogP contribution in [0.4, 0.5) is 0 Å². The first kappa shape index (κ1) is 8.89. The molecule has 11 heavy (non-hydrogen) atoms. The summed E-state index contributed by atoms with van der Waals surface area (Å²) in [5.41, 5.74) is 2.16. The zero-order chi connectivity index (χ0) is 8.43. The molecule has 0 saturated heterocycles. The summed E-state index contributed by atoms with van der Waals surface area (Å²) in [6.45, 7) is 3.96. The molecule has 1 rings (SSSR count). The van der Waals surface area contributed by atoms with E-state index < -0.39 is 0 Å². The van der Waals surface area contributed by atoms with Gasteiger partial charge >= 0.3 is 0 Å². The number of allylic oxidation sites excluding steroid dienone is 6. The summed E-state index contributed by atoms with van der Waals surface area (Å²) in [4.78, 5) is 0. The van der Waals surface area contributed by atoms with E-state index in [0.29, 0.717) is 0 Å². The van der Waals surface area contributed by atoms with Crippen LogP contribution < -0.4 is 0 Å². The first-order valence-corrected chi connectivity index (χ1v) is 4.26. The maximum Gasteiger partial charge on any atom is 0.0435 e. The topological polar surface area (TPSA) is 0 Å². The molecule has 0 bridgehead atoms. The number of hydrogen-bond donors (Lipinski definition) is 0. The Kier molecular flexibility index (Phi) is 2.80. The van der Waals surface area contributed by atoms with E-state index in [1.54, 1.807) is 0 Å². The molecule has 0 spiro atoms. The Morgan fingerprint density at radius 1 is 1.27 bits per heavy atom. The highest BCUT2D eigenvalue weighted by molar-refractivity contribution is 6.33. The second-order valence-electron chi connectivity index (χ2n) is 2.67. The SMILES string of the molecule is CC1=CCC(Cl)=C(C)C=C1Cl. The van der Waals surface area contributed by atoms with E-state index in [2.05, 4.69) is 0 Å². The van der Waals surface area contributed by atoms with Crippen LogP contribution in [0.1, 0.15) is 20.3 Å². The first-order valence-electron chi connectivity index (χ1n) is 3.51.